The SMILES string of the molecule is CC(=O)c1ccc(NC(=O)C2(c3ccccc3)CCCC2)cc1. The molecule has 1 N–H and O–H groups in total. The van der Waals surface area contributed by atoms with Gasteiger partial charge in [0.1, 0.15) is 0 Å². The second-order valence-electron chi connectivity index (χ2n) is 6.24. The second kappa shape index (κ2) is 6.37. The summed E-state index contributed by atoms with van der Waals surface area (Å²) in [6, 6.07) is 17.1. The van der Waals surface area contributed by atoms with Crippen molar-refractivity contribution in [2.24, 2.45) is 0 Å². The number of nitrogens with one attached hydrogen (secondary N) is 1. The maximum Gasteiger partial charge on any atom is 0.235 e. The minimum absolute atomic E-state index is 0.0272. The summed E-state index contributed by atoms with van der Waals surface area (Å²) in [5, 5.41) is 3.04. The van der Waals surface area contributed by atoms with Crippen LogP contribution in [0.15, 0.2) is 54.6 Å². The first-order valence-electron chi connectivity index (χ1n) is 8.10. The van der Waals surface area contributed by atoms with Crippen molar-refractivity contribution in [3.05, 3.63) is 65.7 Å². The van der Waals surface area contributed by atoms with E-state index in [0.717, 1.165) is 36.9 Å². The van der Waals surface area contributed by atoms with Crippen molar-refractivity contribution in [2.75, 3.05) is 5.32 Å². The first kappa shape index (κ1) is 15.5. The lowest BCUT2D eigenvalue weighted by Crippen LogP contribution is -2.37. The van der Waals surface area contributed by atoms with Crippen LogP contribution in [0.5, 0.6) is 0 Å². The number of hydrogen-bond acceptors (Lipinski definition) is 2. The standard InChI is InChI=1S/C20H21NO2/c1-15(22)16-9-11-18(12-10-16)21-19(23)20(13-5-6-14-20)17-7-3-2-4-8-17/h2-4,7-12H,5-6,13-14H2,1H3,(H,21,23). The highest BCUT2D eigenvalue weighted by molar-refractivity contribution is 6.00. The zero-order valence-corrected chi connectivity index (χ0v) is 13.3. The third kappa shape index (κ3) is 3.04. The van der Waals surface area contributed by atoms with Gasteiger partial charge >= 0.3 is 0 Å². The highest BCUT2D eigenvalue weighted by Crippen LogP contribution is 2.42. The zero-order valence-electron chi connectivity index (χ0n) is 13.3. The Bertz CT molecular complexity index is 698. The van der Waals surface area contributed by atoms with Crippen LogP contribution in [0, 0.1) is 0 Å². The van der Waals surface area contributed by atoms with Crippen molar-refractivity contribution in [3.8, 4) is 0 Å². The molecule has 1 aliphatic carbocycles. The molecule has 0 spiro atoms. The number of rotatable bonds is 4. The summed E-state index contributed by atoms with van der Waals surface area (Å²) in [5.41, 5.74) is 2.06. The molecule has 0 aliphatic heterocycles. The summed E-state index contributed by atoms with van der Waals surface area (Å²) in [7, 11) is 0. The second-order valence-corrected chi connectivity index (χ2v) is 6.24. The Balaban J connectivity index is 1.84. The van der Waals surface area contributed by atoms with Gasteiger partial charge in [0.15, 0.2) is 5.78 Å². The lowest BCUT2D eigenvalue weighted by atomic mass is 9.78. The van der Waals surface area contributed by atoms with Crippen LogP contribution in [0.1, 0.15) is 48.5 Å². The predicted molar refractivity (Wildman–Crippen MR) is 91.7 cm³/mol. The van der Waals surface area contributed by atoms with Crippen LogP contribution >= 0.6 is 0 Å². The van der Waals surface area contributed by atoms with Gasteiger partial charge in [-0.25, -0.2) is 0 Å². The Labute approximate surface area is 136 Å². The minimum atomic E-state index is -0.430. The predicted octanol–water partition coefficient (Wildman–Crippen LogP) is 4.34. The maximum absolute atomic E-state index is 13.0. The van der Waals surface area contributed by atoms with Crippen molar-refractivity contribution in [3.63, 3.8) is 0 Å². The van der Waals surface area contributed by atoms with E-state index in [1.165, 1.54) is 6.92 Å². The van der Waals surface area contributed by atoms with E-state index in [-0.39, 0.29) is 11.7 Å². The number of benzene rings is 2. The molecule has 1 aliphatic rings. The fourth-order valence-corrected chi connectivity index (χ4v) is 3.42. The minimum Gasteiger partial charge on any atom is -0.325 e. The lowest BCUT2D eigenvalue weighted by Gasteiger charge is -2.28. The number of amides is 1. The highest BCUT2D eigenvalue weighted by Gasteiger charge is 2.42. The molecule has 0 unspecified atom stereocenters. The molecular weight excluding hydrogens is 286 g/mol. The maximum atomic E-state index is 13.0. The molecule has 0 heterocycles. The van der Waals surface area contributed by atoms with Gasteiger partial charge in [-0.05, 0) is 49.6 Å². The van der Waals surface area contributed by atoms with Crippen molar-refractivity contribution in [1.29, 1.82) is 0 Å². The van der Waals surface area contributed by atoms with Gasteiger partial charge in [-0.15, -0.1) is 0 Å². The first-order chi connectivity index (χ1) is 11.1. The van der Waals surface area contributed by atoms with Crippen LogP contribution in [-0.2, 0) is 10.2 Å². The molecule has 2 aromatic carbocycles. The molecule has 3 rings (SSSR count). The van der Waals surface area contributed by atoms with E-state index in [9.17, 15) is 9.59 Å². The molecule has 3 nitrogen and oxygen atoms in total. The number of carbonyl (C=O) groups is 2. The summed E-state index contributed by atoms with van der Waals surface area (Å²) in [5.74, 6) is 0.0798. The Morgan fingerprint density at radius 3 is 2.09 bits per heavy atom. The highest BCUT2D eigenvalue weighted by atomic mass is 16.2. The summed E-state index contributed by atoms with van der Waals surface area (Å²) >= 11 is 0. The number of carbonyl (C=O) groups excluding carboxylic acids is 2. The quantitative estimate of drug-likeness (QED) is 0.854. The topological polar surface area (TPSA) is 46.2 Å². The fraction of sp³-hybridized carbons (Fsp3) is 0.300. The monoisotopic (exact) mass is 307 g/mol. The molecular formula is C20H21NO2. The van der Waals surface area contributed by atoms with E-state index in [0.29, 0.717) is 5.56 Å². The van der Waals surface area contributed by atoms with Gasteiger partial charge < -0.3 is 5.32 Å². The summed E-state index contributed by atoms with van der Waals surface area (Å²) in [6.07, 6.45) is 3.92. The molecule has 3 heteroatoms. The largest absolute Gasteiger partial charge is 0.325 e. The van der Waals surface area contributed by atoms with Gasteiger partial charge in [-0.3, -0.25) is 9.59 Å². The van der Waals surface area contributed by atoms with Crippen LogP contribution < -0.4 is 5.32 Å². The van der Waals surface area contributed by atoms with E-state index in [1.807, 2.05) is 30.3 Å². The van der Waals surface area contributed by atoms with Crippen LogP contribution in [0.3, 0.4) is 0 Å². The molecule has 118 valence electrons. The van der Waals surface area contributed by atoms with Crippen LogP contribution in [0.4, 0.5) is 5.69 Å². The van der Waals surface area contributed by atoms with E-state index < -0.39 is 5.41 Å². The molecule has 1 saturated carbocycles. The number of ketones is 1. The number of Topliss-reactive ketones (excluding diaryl/α,β-unsaturated/α-hetero) is 1. The smallest absolute Gasteiger partial charge is 0.235 e. The van der Waals surface area contributed by atoms with E-state index in [4.69, 9.17) is 0 Å². The van der Waals surface area contributed by atoms with Gasteiger partial charge in [0.25, 0.3) is 0 Å². The average Bonchev–Trinajstić information content (AvgIpc) is 3.07. The van der Waals surface area contributed by atoms with E-state index in [1.54, 1.807) is 24.3 Å². The molecule has 1 fully saturated rings. The van der Waals surface area contributed by atoms with Crippen LogP contribution in [0.25, 0.3) is 0 Å². The molecule has 0 atom stereocenters. The first-order valence-corrected chi connectivity index (χ1v) is 8.10. The molecule has 23 heavy (non-hydrogen) atoms. The molecule has 0 radical (unpaired) electrons. The number of anilines is 1. The van der Waals surface area contributed by atoms with Gasteiger partial charge in [-0.1, -0.05) is 43.2 Å². The molecule has 0 saturated heterocycles. The normalized spacial score (nSPS) is 16.0. The van der Waals surface area contributed by atoms with E-state index >= 15 is 0 Å². The Hall–Kier alpha value is -2.42. The van der Waals surface area contributed by atoms with Crippen LogP contribution in [-0.4, -0.2) is 11.7 Å². The lowest BCUT2D eigenvalue weighted by molar-refractivity contribution is -0.121. The summed E-state index contributed by atoms with van der Waals surface area (Å²) < 4.78 is 0. The van der Waals surface area contributed by atoms with Crippen molar-refractivity contribution >= 4 is 17.4 Å². The third-order valence-electron chi connectivity index (χ3n) is 4.77. The molecule has 1 amide bonds. The zero-order chi connectivity index (χ0) is 16.3. The summed E-state index contributed by atoms with van der Waals surface area (Å²) in [4.78, 5) is 24.3. The molecule has 2 aromatic rings. The van der Waals surface area contributed by atoms with Gasteiger partial charge in [-0.2, -0.15) is 0 Å². The van der Waals surface area contributed by atoms with Crippen LogP contribution in [0.2, 0.25) is 0 Å². The molecule has 0 aromatic heterocycles. The third-order valence-corrected chi connectivity index (χ3v) is 4.77. The fourth-order valence-electron chi connectivity index (χ4n) is 3.42. The number of hydrogen-bond donors (Lipinski definition) is 1. The Kier molecular flexibility index (Phi) is 4.28. The molecule has 0 bridgehead atoms. The van der Waals surface area contributed by atoms with Gasteiger partial charge in [0.2, 0.25) is 5.91 Å². The van der Waals surface area contributed by atoms with Crippen molar-refractivity contribution in [1.82, 2.24) is 0 Å². The Morgan fingerprint density at radius 1 is 0.913 bits per heavy atom. The van der Waals surface area contributed by atoms with E-state index in [2.05, 4.69) is 5.32 Å². The Morgan fingerprint density at radius 2 is 1.52 bits per heavy atom. The van der Waals surface area contributed by atoms with Crippen molar-refractivity contribution < 1.29 is 9.59 Å². The summed E-state index contributed by atoms with van der Waals surface area (Å²) in [6.45, 7) is 1.54. The average molecular weight is 307 g/mol. The van der Waals surface area contributed by atoms with Gasteiger partial charge in [0.05, 0.1) is 5.41 Å². The van der Waals surface area contributed by atoms with Crippen molar-refractivity contribution in [2.45, 2.75) is 38.0 Å². The van der Waals surface area contributed by atoms with Gasteiger partial charge in [0, 0.05) is 11.3 Å².